The highest BCUT2D eigenvalue weighted by Crippen LogP contribution is 2.40. The van der Waals surface area contributed by atoms with Crippen LogP contribution >= 0.6 is 11.3 Å². The molecule has 0 atom stereocenters. The third-order valence-corrected chi connectivity index (χ3v) is 5.93. The Morgan fingerprint density at radius 1 is 0.423 bits per heavy atom. The van der Waals surface area contributed by atoms with Gasteiger partial charge in [-0.15, -0.1) is 0 Å². The summed E-state index contributed by atoms with van der Waals surface area (Å²) in [6, 6.07) is 36.9. The van der Waals surface area contributed by atoms with Gasteiger partial charge in [0.15, 0.2) is 0 Å². The lowest BCUT2D eigenvalue weighted by molar-refractivity contribution is 1.65. The number of hydrogen-bond acceptors (Lipinski definition) is 0. The smallest absolute Gasteiger partial charge is 0.0622 e. The molecule has 0 nitrogen and oxygen atoms in total. The van der Waals surface area contributed by atoms with Crippen LogP contribution in [0.15, 0.2) is 103 Å². The van der Waals surface area contributed by atoms with Gasteiger partial charge in [0, 0.05) is 28.5 Å². The maximum Gasteiger partial charge on any atom is 0.239 e. The summed E-state index contributed by atoms with van der Waals surface area (Å²) in [7, 11) is 0. The second-order valence-electron chi connectivity index (χ2n) is 6.42. The molecule has 1 aromatic heterocycles. The second-order valence-corrected chi connectivity index (χ2v) is 7.50. The Kier molecular flexibility index (Phi) is 3.73. The van der Waals surface area contributed by atoms with Crippen molar-refractivity contribution in [3.63, 3.8) is 0 Å². The molecule has 1 heterocycles. The molecule has 122 valence electrons. The molecule has 0 radical (unpaired) electrons. The van der Waals surface area contributed by atoms with Crippen LogP contribution in [0.25, 0.3) is 42.4 Å². The summed E-state index contributed by atoms with van der Waals surface area (Å²) in [5, 5.41) is 2.64. The van der Waals surface area contributed by atoms with Gasteiger partial charge in [0.2, 0.25) is 20.7 Å². The van der Waals surface area contributed by atoms with E-state index in [1.54, 1.807) is 0 Å². The Labute approximate surface area is 157 Å². The lowest BCUT2D eigenvalue weighted by Crippen LogP contribution is -1.85. The first kappa shape index (κ1) is 15.2. The predicted molar refractivity (Wildman–Crippen MR) is 115 cm³/mol. The standard InChI is InChI=1S/C25H17S/c1-3-9-18(10-4-1)20-15-16-22-24(17-20)26-23-14-8-7-13-21(23)25(22)19-11-5-2-6-12-19/h1-17H/q+1. The number of benzene rings is 4. The largest absolute Gasteiger partial charge is 0.239 e. The van der Waals surface area contributed by atoms with Crippen LogP contribution in [-0.2, 0) is 0 Å². The molecule has 5 rings (SSSR count). The summed E-state index contributed by atoms with van der Waals surface area (Å²) in [4.78, 5) is 0. The van der Waals surface area contributed by atoms with Gasteiger partial charge in [-0.25, -0.2) is 0 Å². The minimum Gasteiger partial charge on any atom is -0.0622 e. The third-order valence-electron chi connectivity index (χ3n) is 4.80. The highest BCUT2D eigenvalue weighted by atomic mass is 32.1. The number of hydrogen-bond donors (Lipinski definition) is 0. The van der Waals surface area contributed by atoms with E-state index < -0.39 is 0 Å². The van der Waals surface area contributed by atoms with Gasteiger partial charge in [-0.05, 0) is 28.8 Å². The average Bonchev–Trinajstić information content (AvgIpc) is 2.73. The van der Waals surface area contributed by atoms with E-state index in [0.29, 0.717) is 0 Å². The van der Waals surface area contributed by atoms with Crippen LogP contribution in [0.3, 0.4) is 0 Å². The van der Waals surface area contributed by atoms with Crippen LogP contribution in [0.5, 0.6) is 0 Å². The van der Waals surface area contributed by atoms with E-state index in [0.717, 1.165) is 0 Å². The van der Waals surface area contributed by atoms with E-state index in [1.807, 2.05) is 11.3 Å². The van der Waals surface area contributed by atoms with Crippen LogP contribution < -0.4 is 0 Å². The minimum atomic E-state index is 1.26. The molecule has 0 saturated carbocycles. The molecular formula is C25H17S+. The molecule has 1 heteroatoms. The Morgan fingerprint density at radius 3 is 1.81 bits per heavy atom. The fourth-order valence-electron chi connectivity index (χ4n) is 3.57. The summed E-state index contributed by atoms with van der Waals surface area (Å²) in [6.45, 7) is 0. The Balaban J connectivity index is 1.85. The van der Waals surface area contributed by atoms with Gasteiger partial charge in [-0.2, -0.15) is 0 Å². The molecule has 0 N–H and O–H groups in total. The quantitative estimate of drug-likeness (QED) is 0.226. The normalized spacial score (nSPS) is 11.1. The summed E-state index contributed by atoms with van der Waals surface area (Å²) >= 11 is 1.87. The Hall–Kier alpha value is -3.03. The van der Waals surface area contributed by atoms with Gasteiger partial charge in [-0.3, -0.25) is 0 Å². The maximum atomic E-state index is 2.33. The zero-order valence-electron chi connectivity index (χ0n) is 14.2. The third kappa shape index (κ3) is 2.58. The molecule has 0 bridgehead atoms. The summed E-state index contributed by atoms with van der Waals surface area (Å²) < 4.78 is 2.65. The first-order chi connectivity index (χ1) is 12.9. The van der Waals surface area contributed by atoms with Crippen molar-refractivity contribution in [2.45, 2.75) is 0 Å². The molecule has 0 fully saturated rings. The molecule has 0 unspecified atom stereocenters. The monoisotopic (exact) mass is 349 g/mol. The van der Waals surface area contributed by atoms with Gasteiger partial charge in [0.05, 0.1) is 0 Å². The Morgan fingerprint density at radius 2 is 1.04 bits per heavy atom. The van der Waals surface area contributed by atoms with Crippen molar-refractivity contribution in [2.75, 3.05) is 0 Å². The molecule has 5 aromatic rings. The molecule has 0 aliphatic heterocycles. The van der Waals surface area contributed by atoms with E-state index >= 15 is 0 Å². The predicted octanol–water partition coefficient (Wildman–Crippen LogP) is 7.67. The summed E-state index contributed by atoms with van der Waals surface area (Å²) in [5.41, 5.74) is 5.13. The Bertz CT molecular complexity index is 1210. The van der Waals surface area contributed by atoms with Crippen molar-refractivity contribution in [1.29, 1.82) is 0 Å². The van der Waals surface area contributed by atoms with Crippen LogP contribution in [0.2, 0.25) is 0 Å². The SMILES string of the molecule is c1ccc(-c2ccc3c(-c4ccccc4)c4ccccc4[s+]c3c2)cc1. The fraction of sp³-hybridized carbons (Fsp3) is 0. The van der Waals surface area contributed by atoms with Gasteiger partial charge >= 0.3 is 0 Å². The van der Waals surface area contributed by atoms with E-state index in [1.165, 1.54) is 42.4 Å². The zero-order chi connectivity index (χ0) is 17.3. The fourth-order valence-corrected chi connectivity index (χ4v) is 4.69. The second kappa shape index (κ2) is 6.36. The molecule has 0 amide bonds. The number of rotatable bonds is 2. The van der Waals surface area contributed by atoms with Crippen LogP contribution in [-0.4, -0.2) is 0 Å². The molecule has 4 aromatic carbocycles. The van der Waals surface area contributed by atoms with Crippen LogP contribution in [0.4, 0.5) is 0 Å². The summed E-state index contributed by atoms with van der Waals surface area (Å²) in [5.74, 6) is 0. The topological polar surface area (TPSA) is 0 Å². The first-order valence-electron chi connectivity index (χ1n) is 8.79. The van der Waals surface area contributed by atoms with E-state index in [-0.39, 0.29) is 0 Å². The lowest BCUT2D eigenvalue weighted by atomic mass is 9.97. The van der Waals surface area contributed by atoms with Gasteiger partial charge in [-0.1, -0.05) is 78.9 Å². The molecule has 0 aliphatic carbocycles. The van der Waals surface area contributed by atoms with Crippen molar-refractivity contribution in [1.82, 2.24) is 0 Å². The van der Waals surface area contributed by atoms with Crippen molar-refractivity contribution < 1.29 is 0 Å². The van der Waals surface area contributed by atoms with E-state index in [2.05, 4.69) is 103 Å². The highest BCUT2D eigenvalue weighted by molar-refractivity contribution is 7.24. The van der Waals surface area contributed by atoms with E-state index in [4.69, 9.17) is 0 Å². The first-order valence-corrected chi connectivity index (χ1v) is 9.61. The minimum absolute atomic E-state index is 1.26. The van der Waals surface area contributed by atoms with Crippen molar-refractivity contribution in [3.05, 3.63) is 103 Å². The molecule has 0 spiro atoms. The lowest BCUT2D eigenvalue weighted by Gasteiger charge is -2.07. The van der Waals surface area contributed by atoms with Gasteiger partial charge < -0.3 is 0 Å². The van der Waals surface area contributed by atoms with Crippen molar-refractivity contribution in [3.8, 4) is 22.3 Å². The maximum absolute atomic E-state index is 2.33. The average molecular weight is 349 g/mol. The highest BCUT2D eigenvalue weighted by Gasteiger charge is 2.18. The van der Waals surface area contributed by atoms with Crippen molar-refractivity contribution >= 4 is 31.5 Å². The van der Waals surface area contributed by atoms with Crippen molar-refractivity contribution in [2.24, 2.45) is 0 Å². The zero-order valence-corrected chi connectivity index (χ0v) is 15.0. The van der Waals surface area contributed by atoms with Crippen LogP contribution in [0, 0.1) is 0 Å². The van der Waals surface area contributed by atoms with Gasteiger partial charge in [0.1, 0.15) is 0 Å². The molecule has 26 heavy (non-hydrogen) atoms. The molecule has 0 aliphatic rings. The number of fused-ring (bicyclic) bond motifs is 2. The van der Waals surface area contributed by atoms with E-state index in [9.17, 15) is 0 Å². The molecular weight excluding hydrogens is 332 g/mol. The summed E-state index contributed by atoms with van der Waals surface area (Å²) in [6.07, 6.45) is 0. The van der Waals surface area contributed by atoms with Crippen LogP contribution in [0.1, 0.15) is 0 Å². The van der Waals surface area contributed by atoms with Gasteiger partial charge in [0.25, 0.3) is 0 Å². The molecule has 0 saturated heterocycles.